The molecule has 4 aliphatic rings. The fraction of sp³-hybridized carbons (Fsp3) is 0.483. The van der Waals surface area contributed by atoms with Crippen LogP contribution in [-0.4, -0.2) is 71.4 Å². The van der Waals surface area contributed by atoms with Crippen LogP contribution in [0.25, 0.3) is 0 Å². The first-order valence-corrected chi connectivity index (χ1v) is 13.4. The third-order valence-corrected chi connectivity index (χ3v) is 8.27. The average Bonchev–Trinajstić information content (AvgIpc) is 3.50. The summed E-state index contributed by atoms with van der Waals surface area (Å²) in [5.41, 5.74) is 2.10. The quantitative estimate of drug-likeness (QED) is 0.564. The molecule has 3 amide bonds. The maximum Gasteiger partial charge on any atom is 0.246 e. The van der Waals surface area contributed by atoms with Crippen LogP contribution in [0, 0.1) is 11.8 Å². The molecule has 1 aliphatic carbocycles. The zero-order chi connectivity index (χ0) is 25.4. The zero-order valence-electron chi connectivity index (χ0n) is 21.0. The van der Waals surface area contributed by atoms with E-state index in [1.54, 1.807) is 0 Å². The Morgan fingerprint density at radius 3 is 2.22 bits per heavy atom. The van der Waals surface area contributed by atoms with Crippen LogP contribution in [0.1, 0.15) is 36.8 Å². The monoisotopic (exact) mass is 503 g/mol. The molecule has 37 heavy (non-hydrogen) atoms. The summed E-state index contributed by atoms with van der Waals surface area (Å²) in [7, 11) is 0. The number of nitrogens with zero attached hydrogens (tertiary/aromatic N) is 3. The zero-order valence-corrected chi connectivity index (χ0v) is 21.0. The largest absolute Gasteiger partial charge is 0.454 e. The summed E-state index contributed by atoms with van der Waals surface area (Å²) in [6, 6.07) is 14.9. The predicted molar refractivity (Wildman–Crippen MR) is 136 cm³/mol. The minimum atomic E-state index is -0.784. The van der Waals surface area contributed by atoms with Gasteiger partial charge in [0.25, 0.3) is 0 Å². The lowest BCUT2D eigenvalue weighted by molar-refractivity contribution is -0.152. The highest BCUT2D eigenvalue weighted by Gasteiger charge is 2.52. The van der Waals surface area contributed by atoms with E-state index in [0.717, 1.165) is 67.9 Å². The summed E-state index contributed by atoms with van der Waals surface area (Å²) < 4.78 is 10.9. The van der Waals surface area contributed by atoms with Gasteiger partial charge >= 0.3 is 0 Å². The molecule has 2 aromatic carbocycles. The van der Waals surface area contributed by atoms with Crippen LogP contribution in [0.4, 0.5) is 0 Å². The Morgan fingerprint density at radius 2 is 1.51 bits per heavy atom. The van der Waals surface area contributed by atoms with Crippen molar-refractivity contribution >= 4 is 17.7 Å². The molecule has 0 unspecified atom stereocenters. The minimum Gasteiger partial charge on any atom is -0.454 e. The molecule has 194 valence electrons. The van der Waals surface area contributed by atoms with Gasteiger partial charge in [-0.2, -0.15) is 0 Å². The lowest BCUT2D eigenvalue weighted by atomic mass is 9.81. The van der Waals surface area contributed by atoms with Gasteiger partial charge in [-0.15, -0.1) is 0 Å². The molecule has 3 aliphatic heterocycles. The molecule has 6 rings (SSSR count). The number of likely N-dealkylation sites (tertiary alicyclic amines) is 1. The topological polar surface area (TPSA) is 79.4 Å². The lowest BCUT2D eigenvalue weighted by Gasteiger charge is -2.38. The van der Waals surface area contributed by atoms with E-state index < -0.39 is 6.04 Å². The first-order chi connectivity index (χ1) is 18.1. The summed E-state index contributed by atoms with van der Waals surface area (Å²) in [6.07, 6.45) is 3.79. The molecular formula is C29H33N3O5. The number of fused-ring (bicyclic) bond motifs is 2. The maximum atomic E-state index is 13.9. The van der Waals surface area contributed by atoms with Gasteiger partial charge < -0.3 is 14.4 Å². The molecule has 3 heterocycles. The van der Waals surface area contributed by atoms with Crippen molar-refractivity contribution in [2.24, 2.45) is 11.8 Å². The highest BCUT2D eigenvalue weighted by atomic mass is 16.7. The van der Waals surface area contributed by atoms with Gasteiger partial charge in [-0.05, 0) is 36.1 Å². The molecule has 2 aromatic rings. The second-order valence-electron chi connectivity index (χ2n) is 10.5. The Hall–Kier alpha value is -3.39. The average molecular weight is 504 g/mol. The van der Waals surface area contributed by atoms with Gasteiger partial charge in [-0.25, -0.2) is 0 Å². The summed E-state index contributed by atoms with van der Waals surface area (Å²) in [5, 5.41) is 0. The van der Waals surface area contributed by atoms with Crippen LogP contribution in [-0.2, 0) is 27.3 Å². The van der Waals surface area contributed by atoms with E-state index >= 15 is 0 Å². The van der Waals surface area contributed by atoms with Crippen LogP contribution >= 0.6 is 0 Å². The van der Waals surface area contributed by atoms with E-state index in [-0.39, 0.29) is 36.4 Å². The Kier molecular flexibility index (Phi) is 6.59. The fourth-order valence-corrected chi connectivity index (χ4v) is 6.26. The summed E-state index contributed by atoms with van der Waals surface area (Å²) in [4.78, 5) is 46.2. The van der Waals surface area contributed by atoms with Crippen molar-refractivity contribution in [3.8, 4) is 11.5 Å². The third-order valence-electron chi connectivity index (χ3n) is 8.27. The number of ether oxygens (including phenoxy) is 2. The van der Waals surface area contributed by atoms with Crippen molar-refractivity contribution in [1.29, 1.82) is 0 Å². The maximum absolute atomic E-state index is 13.9. The van der Waals surface area contributed by atoms with Gasteiger partial charge in [0.2, 0.25) is 24.5 Å². The van der Waals surface area contributed by atoms with E-state index in [0.29, 0.717) is 19.5 Å². The van der Waals surface area contributed by atoms with Crippen LogP contribution in [0.2, 0.25) is 0 Å². The number of rotatable bonds is 6. The number of hydrogen-bond acceptors (Lipinski definition) is 6. The molecule has 1 saturated carbocycles. The van der Waals surface area contributed by atoms with Crippen molar-refractivity contribution in [3.05, 3.63) is 59.7 Å². The highest BCUT2D eigenvalue weighted by molar-refractivity contribution is 6.08. The number of hydrogen-bond donors (Lipinski definition) is 0. The molecule has 3 fully saturated rings. The first-order valence-electron chi connectivity index (χ1n) is 13.4. The highest BCUT2D eigenvalue weighted by Crippen LogP contribution is 2.39. The minimum absolute atomic E-state index is 0.119. The third kappa shape index (κ3) is 4.70. The first kappa shape index (κ1) is 24.0. The van der Waals surface area contributed by atoms with E-state index in [4.69, 9.17) is 9.47 Å². The molecular weight excluding hydrogens is 470 g/mol. The van der Waals surface area contributed by atoms with E-state index in [1.807, 2.05) is 53.4 Å². The number of carbonyl (C=O) groups excluding carboxylic acids is 3. The van der Waals surface area contributed by atoms with E-state index in [2.05, 4.69) is 4.90 Å². The molecule has 0 spiro atoms. The van der Waals surface area contributed by atoms with Crippen LogP contribution < -0.4 is 9.47 Å². The van der Waals surface area contributed by atoms with Crippen molar-refractivity contribution in [1.82, 2.24) is 14.7 Å². The smallest absolute Gasteiger partial charge is 0.246 e. The molecule has 0 aromatic heterocycles. The molecule has 2 saturated heterocycles. The second kappa shape index (κ2) is 10.2. The fourth-order valence-electron chi connectivity index (χ4n) is 6.26. The molecule has 0 bridgehead atoms. The van der Waals surface area contributed by atoms with Gasteiger partial charge in [-0.3, -0.25) is 24.2 Å². The summed E-state index contributed by atoms with van der Waals surface area (Å²) >= 11 is 0. The molecule has 3 atom stereocenters. The predicted octanol–water partition coefficient (Wildman–Crippen LogP) is 2.85. The Bertz CT molecular complexity index is 1150. The van der Waals surface area contributed by atoms with Gasteiger partial charge in [0, 0.05) is 39.1 Å². The van der Waals surface area contributed by atoms with Gasteiger partial charge in [0.05, 0.1) is 11.8 Å². The van der Waals surface area contributed by atoms with Crippen LogP contribution in [0.3, 0.4) is 0 Å². The Balaban J connectivity index is 1.15. The molecule has 0 N–H and O–H groups in total. The SMILES string of the molecule is O=C([C@@H](Cc1ccccc1)N1C(=O)[C@H]2CCCC[C@@H]2C1=O)N1CCN(Cc2ccc3c(c2)OCO3)CC1. The number of imide groups is 1. The number of piperazine rings is 1. The second-order valence-corrected chi connectivity index (χ2v) is 10.5. The van der Waals surface area contributed by atoms with Crippen molar-refractivity contribution in [2.75, 3.05) is 33.0 Å². The summed E-state index contributed by atoms with van der Waals surface area (Å²) in [6.45, 7) is 3.61. The van der Waals surface area contributed by atoms with Gasteiger partial charge in [0.15, 0.2) is 11.5 Å². The van der Waals surface area contributed by atoms with E-state index in [1.165, 1.54) is 4.90 Å². The van der Waals surface area contributed by atoms with E-state index in [9.17, 15) is 14.4 Å². The number of carbonyl (C=O) groups is 3. The standard InChI is InChI=1S/C29H33N3O5/c33-27-22-8-4-5-9-23(22)28(34)32(27)24(16-20-6-2-1-3-7-20)29(35)31-14-12-30(13-15-31)18-21-10-11-25-26(17-21)37-19-36-25/h1-3,6-7,10-11,17,22-24H,4-5,8-9,12-16,18-19H2/t22-,23-,24+/m0/s1. The summed E-state index contributed by atoms with van der Waals surface area (Å²) in [5.74, 6) is 0.615. The number of amides is 3. The van der Waals surface area contributed by atoms with Gasteiger partial charge in [-0.1, -0.05) is 49.2 Å². The van der Waals surface area contributed by atoms with Crippen LogP contribution in [0.15, 0.2) is 48.5 Å². The lowest BCUT2D eigenvalue weighted by Crippen LogP contribution is -2.56. The van der Waals surface area contributed by atoms with Crippen molar-refractivity contribution in [3.63, 3.8) is 0 Å². The Labute approximate surface area is 217 Å². The van der Waals surface area contributed by atoms with Crippen molar-refractivity contribution in [2.45, 2.75) is 44.7 Å². The van der Waals surface area contributed by atoms with Crippen LogP contribution in [0.5, 0.6) is 11.5 Å². The Morgan fingerprint density at radius 1 is 0.838 bits per heavy atom. The molecule has 8 nitrogen and oxygen atoms in total. The normalized spacial score (nSPS) is 24.3. The van der Waals surface area contributed by atoms with Crippen molar-refractivity contribution < 1.29 is 23.9 Å². The molecule has 8 heteroatoms. The molecule has 0 radical (unpaired) electrons. The number of benzene rings is 2. The van der Waals surface area contributed by atoms with Gasteiger partial charge in [0.1, 0.15) is 6.04 Å².